The van der Waals surface area contributed by atoms with Gasteiger partial charge in [0.05, 0.1) is 5.25 Å². The number of likely N-dealkylation sites (N-methyl/N-ethyl adjacent to an activating group) is 1. The van der Waals surface area contributed by atoms with Crippen LogP contribution in [-0.4, -0.2) is 24.7 Å². The van der Waals surface area contributed by atoms with Gasteiger partial charge >= 0.3 is 0 Å². The molecule has 3 nitrogen and oxygen atoms in total. The predicted octanol–water partition coefficient (Wildman–Crippen LogP) is 0.901. The van der Waals surface area contributed by atoms with Crippen LogP contribution in [0.2, 0.25) is 0 Å². The first-order valence-electron chi connectivity index (χ1n) is 5.51. The first-order chi connectivity index (χ1) is 8.11. The van der Waals surface area contributed by atoms with Gasteiger partial charge in [0, 0.05) is 7.05 Å². The largest absolute Gasteiger partial charge is 0.358 e. The highest BCUT2D eigenvalue weighted by Gasteiger charge is 2.27. The average Bonchev–Trinajstić information content (AvgIpc) is 2.38. The van der Waals surface area contributed by atoms with Crippen molar-refractivity contribution in [2.45, 2.75) is 18.2 Å². The quantitative estimate of drug-likeness (QED) is 0.836. The molecule has 1 unspecified atom stereocenters. The fraction of sp³-hybridized carbons (Fsp3) is 0.417. The molecule has 0 aliphatic carbocycles. The fourth-order valence-corrected chi connectivity index (χ4v) is 3.61. The SMILES string of the molecule is CCS(=S)[C@H](c1ccccc1)[C@H](N)C(=O)NC. The average molecular weight is 270 g/mol. The van der Waals surface area contributed by atoms with Gasteiger partial charge < -0.3 is 11.1 Å². The minimum absolute atomic E-state index is 0.0869. The van der Waals surface area contributed by atoms with E-state index in [-0.39, 0.29) is 20.6 Å². The van der Waals surface area contributed by atoms with Crippen LogP contribution in [0.15, 0.2) is 30.3 Å². The summed E-state index contributed by atoms with van der Waals surface area (Å²) in [6.07, 6.45) is 0. The summed E-state index contributed by atoms with van der Waals surface area (Å²) in [5, 5.41) is 2.50. The van der Waals surface area contributed by atoms with Gasteiger partial charge in [-0.2, -0.15) is 0 Å². The molecule has 0 heterocycles. The Bertz CT molecular complexity index is 395. The number of benzene rings is 1. The van der Waals surface area contributed by atoms with Crippen molar-refractivity contribution in [1.82, 2.24) is 5.32 Å². The van der Waals surface area contributed by atoms with Crippen molar-refractivity contribution in [2.75, 3.05) is 12.8 Å². The zero-order valence-corrected chi connectivity index (χ0v) is 11.7. The third-order valence-electron chi connectivity index (χ3n) is 2.57. The van der Waals surface area contributed by atoms with Crippen molar-refractivity contribution in [3.8, 4) is 0 Å². The first kappa shape index (κ1) is 14.3. The molecule has 0 spiro atoms. The Kier molecular flexibility index (Phi) is 5.74. The molecular weight excluding hydrogens is 252 g/mol. The number of carbonyl (C=O) groups is 1. The molecule has 0 radical (unpaired) electrons. The molecule has 0 bridgehead atoms. The maximum atomic E-state index is 11.7. The summed E-state index contributed by atoms with van der Waals surface area (Å²) in [7, 11) is 1.27. The lowest BCUT2D eigenvalue weighted by Crippen LogP contribution is -2.44. The Morgan fingerprint density at radius 1 is 1.47 bits per heavy atom. The van der Waals surface area contributed by atoms with Gasteiger partial charge in [-0.05, 0) is 11.3 Å². The van der Waals surface area contributed by atoms with E-state index in [1.165, 1.54) is 0 Å². The second kappa shape index (κ2) is 6.83. The van der Waals surface area contributed by atoms with Crippen molar-refractivity contribution in [2.24, 2.45) is 5.73 Å². The van der Waals surface area contributed by atoms with Gasteiger partial charge in [0.1, 0.15) is 6.04 Å². The van der Waals surface area contributed by atoms with E-state index in [9.17, 15) is 4.79 Å². The molecule has 3 atom stereocenters. The number of nitrogens with one attached hydrogen (secondary N) is 1. The Balaban J connectivity index is 3.05. The molecular formula is C12H18N2OS2. The summed E-state index contributed by atoms with van der Waals surface area (Å²) in [6.45, 7) is 2.03. The maximum absolute atomic E-state index is 11.7. The molecule has 1 rings (SSSR count). The normalized spacial score (nSPS) is 15.9. The lowest BCUT2D eigenvalue weighted by atomic mass is 10.1. The van der Waals surface area contributed by atoms with Crippen LogP contribution in [0.25, 0.3) is 0 Å². The highest BCUT2D eigenvalue weighted by Crippen LogP contribution is 2.23. The lowest BCUT2D eigenvalue weighted by molar-refractivity contribution is -0.121. The highest BCUT2D eigenvalue weighted by molar-refractivity contribution is 8.29. The van der Waals surface area contributed by atoms with Crippen LogP contribution in [0.3, 0.4) is 0 Å². The number of carbonyl (C=O) groups excluding carboxylic acids is 1. The monoisotopic (exact) mass is 270 g/mol. The van der Waals surface area contributed by atoms with Crippen molar-refractivity contribution in [3.05, 3.63) is 35.9 Å². The van der Waals surface area contributed by atoms with Crippen LogP contribution >= 0.6 is 0 Å². The molecule has 0 saturated heterocycles. The van der Waals surface area contributed by atoms with Crippen LogP contribution in [-0.2, 0) is 25.4 Å². The molecule has 17 heavy (non-hydrogen) atoms. The van der Waals surface area contributed by atoms with E-state index in [4.69, 9.17) is 16.9 Å². The summed E-state index contributed by atoms with van der Waals surface area (Å²) in [5.41, 5.74) is 7.05. The third-order valence-corrected chi connectivity index (χ3v) is 5.60. The van der Waals surface area contributed by atoms with E-state index >= 15 is 0 Å². The van der Waals surface area contributed by atoms with Gasteiger partial charge in [-0.15, -0.1) is 9.45 Å². The van der Waals surface area contributed by atoms with Gasteiger partial charge in [-0.25, -0.2) is 0 Å². The molecule has 0 aliphatic heterocycles. The molecule has 0 aliphatic rings. The van der Waals surface area contributed by atoms with Gasteiger partial charge in [0.25, 0.3) is 0 Å². The number of amides is 1. The van der Waals surface area contributed by atoms with Crippen LogP contribution in [0.1, 0.15) is 17.7 Å². The Morgan fingerprint density at radius 2 is 2.06 bits per heavy atom. The van der Waals surface area contributed by atoms with Crippen LogP contribution < -0.4 is 11.1 Å². The predicted molar refractivity (Wildman–Crippen MR) is 76.5 cm³/mol. The highest BCUT2D eigenvalue weighted by atomic mass is 32.8. The van der Waals surface area contributed by atoms with E-state index in [1.807, 2.05) is 37.3 Å². The number of rotatable bonds is 5. The van der Waals surface area contributed by atoms with Gasteiger partial charge in [0.15, 0.2) is 0 Å². The molecule has 1 aromatic carbocycles. The van der Waals surface area contributed by atoms with Crippen molar-refractivity contribution < 1.29 is 4.79 Å². The topological polar surface area (TPSA) is 55.1 Å². The summed E-state index contributed by atoms with van der Waals surface area (Å²) in [4.78, 5) is 11.7. The fourth-order valence-electron chi connectivity index (χ4n) is 1.65. The Morgan fingerprint density at radius 3 is 2.53 bits per heavy atom. The summed E-state index contributed by atoms with van der Waals surface area (Å²) < 4.78 is 0. The zero-order valence-electron chi connectivity index (χ0n) is 10.1. The molecule has 1 aromatic rings. The Labute approximate surface area is 109 Å². The molecule has 0 aromatic heterocycles. The standard InChI is InChI=1S/C12H18N2OS2/c1-3-17(16)11(10(13)12(15)14-2)9-7-5-4-6-8-9/h4-8,10-11H,3,13H2,1-2H3,(H,14,15)/t10-,11+,17?/m0/s1. The Hall–Kier alpha value is -0.780. The van der Waals surface area contributed by atoms with Crippen LogP contribution in [0, 0.1) is 0 Å². The molecule has 5 heteroatoms. The summed E-state index contributed by atoms with van der Waals surface area (Å²) in [6, 6.07) is 9.22. The second-order valence-electron chi connectivity index (χ2n) is 3.64. The van der Waals surface area contributed by atoms with Gasteiger partial charge in [0.2, 0.25) is 5.91 Å². The van der Waals surface area contributed by atoms with Crippen molar-refractivity contribution >= 4 is 26.5 Å². The summed E-state index contributed by atoms with van der Waals surface area (Å²) in [5.74, 6) is 0.689. The third kappa shape index (κ3) is 3.59. The van der Waals surface area contributed by atoms with E-state index in [1.54, 1.807) is 7.05 Å². The van der Waals surface area contributed by atoms with E-state index in [0.29, 0.717) is 0 Å². The zero-order chi connectivity index (χ0) is 12.8. The molecule has 1 amide bonds. The second-order valence-corrected chi connectivity index (χ2v) is 6.77. The van der Waals surface area contributed by atoms with Crippen LogP contribution in [0.5, 0.6) is 0 Å². The van der Waals surface area contributed by atoms with Crippen molar-refractivity contribution in [1.29, 1.82) is 0 Å². The van der Waals surface area contributed by atoms with E-state index in [2.05, 4.69) is 5.32 Å². The first-order valence-corrected chi connectivity index (χ1v) is 7.89. The smallest absolute Gasteiger partial charge is 0.238 e. The minimum atomic E-state index is -0.580. The van der Waals surface area contributed by atoms with Crippen molar-refractivity contribution in [3.63, 3.8) is 0 Å². The van der Waals surface area contributed by atoms with E-state index in [0.717, 1.165) is 11.3 Å². The van der Waals surface area contributed by atoms with E-state index < -0.39 is 6.04 Å². The lowest BCUT2D eigenvalue weighted by Gasteiger charge is -2.24. The van der Waals surface area contributed by atoms with Gasteiger partial charge in [-0.3, -0.25) is 4.79 Å². The minimum Gasteiger partial charge on any atom is -0.358 e. The van der Waals surface area contributed by atoms with Gasteiger partial charge in [-0.1, -0.05) is 48.4 Å². The number of hydrogen-bond donors (Lipinski definition) is 2. The molecule has 94 valence electrons. The molecule has 0 saturated carbocycles. The molecule has 3 N–H and O–H groups in total. The number of hydrogen-bond acceptors (Lipinski definition) is 3. The molecule has 0 fully saturated rings. The summed E-state index contributed by atoms with van der Waals surface area (Å²) >= 11 is 5.45. The maximum Gasteiger partial charge on any atom is 0.238 e. The number of nitrogens with two attached hydrogens (primary N) is 1. The van der Waals surface area contributed by atoms with Crippen LogP contribution in [0.4, 0.5) is 0 Å².